The second-order valence-corrected chi connectivity index (χ2v) is 1.86. The highest BCUT2D eigenvalue weighted by Gasteiger charge is 1.72. The average molecular weight is 111 g/mol. The summed E-state index contributed by atoms with van der Waals surface area (Å²) < 4.78 is 0. The van der Waals surface area contributed by atoms with Crippen LogP contribution in [0.1, 0.15) is 33.1 Å². The van der Waals surface area contributed by atoms with Gasteiger partial charge >= 0.3 is 0 Å². The van der Waals surface area contributed by atoms with Crippen molar-refractivity contribution in [2.75, 3.05) is 0 Å². The molecule has 0 nitrogen and oxygen atoms in total. The SMILES string of the molecule is CC[CH]/C=C/CCC. The van der Waals surface area contributed by atoms with Crippen molar-refractivity contribution in [1.82, 2.24) is 0 Å². The Morgan fingerprint density at radius 3 is 2.50 bits per heavy atom. The van der Waals surface area contributed by atoms with Gasteiger partial charge in [-0.2, -0.15) is 0 Å². The van der Waals surface area contributed by atoms with Crippen LogP contribution in [0.15, 0.2) is 12.2 Å². The molecule has 0 saturated heterocycles. The van der Waals surface area contributed by atoms with Gasteiger partial charge in [0.2, 0.25) is 0 Å². The number of hydrogen-bond donors (Lipinski definition) is 0. The van der Waals surface area contributed by atoms with Crippen molar-refractivity contribution in [2.24, 2.45) is 0 Å². The molecule has 0 heteroatoms. The molecule has 0 spiro atoms. The first-order valence-corrected chi connectivity index (χ1v) is 3.40. The van der Waals surface area contributed by atoms with E-state index in [4.69, 9.17) is 0 Å². The Morgan fingerprint density at radius 1 is 1.25 bits per heavy atom. The minimum absolute atomic E-state index is 1.15. The van der Waals surface area contributed by atoms with E-state index in [0.717, 1.165) is 6.42 Å². The standard InChI is InChI=1S/C8H15/c1-3-5-7-8-6-4-2/h5,7-8H,3-4,6H2,1-2H3/b8-7+. The molecule has 8 heavy (non-hydrogen) atoms. The van der Waals surface area contributed by atoms with Gasteiger partial charge in [0, 0.05) is 0 Å². The maximum absolute atomic E-state index is 2.21. The summed E-state index contributed by atoms with van der Waals surface area (Å²) in [4.78, 5) is 0. The van der Waals surface area contributed by atoms with Crippen molar-refractivity contribution in [1.29, 1.82) is 0 Å². The fourth-order valence-corrected chi connectivity index (χ4v) is 0.495. The summed E-state index contributed by atoms with van der Waals surface area (Å²) in [6.45, 7) is 4.34. The van der Waals surface area contributed by atoms with Gasteiger partial charge in [-0.05, 0) is 19.3 Å². The Bertz CT molecular complexity index is 45.1. The summed E-state index contributed by atoms with van der Waals surface area (Å²) >= 11 is 0. The van der Waals surface area contributed by atoms with Gasteiger partial charge in [0.25, 0.3) is 0 Å². The average Bonchev–Trinajstić information content (AvgIpc) is 1.81. The summed E-state index contributed by atoms with van der Waals surface area (Å²) in [5, 5.41) is 0. The van der Waals surface area contributed by atoms with E-state index < -0.39 is 0 Å². The molecular weight excluding hydrogens is 96.1 g/mol. The van der Waals surface area contributed by atoms with Gasteiger partial charge in [0.1, 0.15) is 0 Å². The van der Waals surface area contributed by atoms with Crippen LogP contribution in [0.4, 0.5) is 0 Å². The van der Waals surface area contributed by atoms with Gasteiger partial charge in [0.05, 0.1) is 0 Å². The quantitative estimate of drug-likeness (QED) is 0.523. The Kier molecular flexibility index (Phi) is 6.52. The normalized spacial score (nSPS) is 10.8. The molecule has 47 valence electrons. The van der Waals surface area contributed by atoms with Crippen molar-refractivity contribution < 1.29 is 0 Å². The van der Waals surface area contributed by atoms with Gasteiger partial charge in [-0.15, -0.1) is 0 Å². The van der Waals surface area contributed by atoms with Gasteiger partial charge in [-0.3, -0.25) is 0 Å². The van der Waals surface area contributed by atoms with E-state index in [0.29, 0.717) is 0 Å². The first-order valence-electron chi connectivity index (χ1n) is 3.40. The first kappa shape index (κ1) is 7.74. The highest BCUT2D eigenvalue weighted by atomic mass is 13.8. The van der Waals surface area contributed by atoms with E-state index in [1.807, 2.05) is 0 Å². The molecule has 0 aliphatic rings. The van der Waals surface area contributed by atoms with E-state index in [2.05, 4.69) is 32.4 Å². The van der Waals surface area contributed by atoms with Crippen LogP contribution in [0.25, 0.3) is 0 Å². The largest absolute Gasteiger partial charge is 0.0882 e. The van der Waals surface area contributed by atoms with E-state index in [-0.39, 0.29) is 0 Å². The second kappa shape index (κ2) is 6.74. The van der Waals surface area contributed by atoms with Gasteiger partial charge < -0.3 is 0 Å². The van der Waals surface area contributed by atoms with Crippen molar-refractivity contribution in [2.45, 2.75) is 33.1 Å². The summed E-state index contributed by atoms with van der Waals surface area (Å²) in [6, 6.07) is 0. The minimum Gasteiger partial charge on any atom is -0.0882 e. The van der Waals surface area contributed by atoms with Crippen molar-refractivity contribution in [3.05, 3.63) is 18.6 Å². The van der Waals surface area contributed by atoms with Crippen LogP contribution in [-0.4, -0.2) is 0 Å². The summed E-state index contributed by atoms with van der Waals surface area (Å²) in [5.74, 6) is 0. The zero-order valence-corrected chi connectivity index (χ0v) is 5.85. The van der Waals surface area contributed by atoms with Crippen molar-refractivity contribution >= 4 is 0 Å². The lowest BCUT2D eigenvalue weighted by molar-refractivity contribution is 0.955. The zero-order chi connectivity index (χ0) is 6.24. The Balaban J connectivity index is 2.83. The molecule has 0 amide bonds. The fourth-order valence-electron chi connectivity index (χ4n) is 0.495. The van der Waals surface area contributed by atoms with E-state index in [1.165, 1.54) is 12.8 Å². The third-order valence-corrected chi connectivity index (χ3v) is 0.963. The van der Waals surface area contributed by atoms with Crippen molar-refractivity contribution in [3.8, 4) is 0 Å². The van der Waals surface area contributed by atoms with Gasteiger partial charge in [-0.25, -0.2) is 0 Å². The molecular formula is C8H15. The lowest BCUT2D eigenvalue weighted by atomic mass is 10.2. The molecule has 0 atom stereocenters. The van der Waals surface area contributed by atoms with Crippen LogP contribution >= 0.6 is 0 Å². The lowest BCUT2D eigenvalue weighted by Crippen LogP contribution is -1.63. The van der Waals surface area contributed by atoms with Crippen LogP contribution in [0.3, 0.4) is 0 Å². The number of allylic oxidation sites excluding steroid dienone is 2. The number of rotatable bonds is 4. The third kappa shape index (κ3) is 5.74. The minimum atomic E-state index is 1.15. The first-order chi connectivity index (χ1) is 3.91. The Labute approximate surface area is 52.6 Å². The molecule has 0 rings (SSSR count). The number of hydrogen-bond acceptors (Lipinski definition) is 0. The predicted octanol–water partition coefficient (Wildman–Crippen LogP) is 2.96. The van der Waals surface area contributed by atoms with E-state index >= 15 is 0 Å². The van der Waals surface area contributed by atoms with Crippen LogP contribution in [0.5, 0.6) is 0 Å². The number of unbranched alkanes of at least 4 members (excludes halogenated alkanes) is 2. The van der Waals surface area contributed by atoms with E-state index in [9.17, 15) is 0 Å². The smallest absolute Gasteiger partial charge is 0.0173 e. The molecule has 0 fully saturated rings. The Morgan fingerprint density at radius 2 is 2.00 bits per heavy atom. The molecule has 1 radical (unpaired) electrons. The lowest BCUT2D eigenvalue weighted by Gasteiger charge is -1.82. The fraction of sp³-hybridized carbons (Fsp3) is 0.625. The molecule has 0 saturated carbocycles. The zero-order valence-electron chi connectivity index (χ0n) is 5.85. The van der Waals surface area contributed by atoms with Gasteiger partial charge in [0.15, 0.2) is 0 Å². The molecule has 0 heterocycles. The van der Waals surface area contributed by atoms with Crippen LogP contribution in [-0.2, 0) is 0 Å². The molecule has 0 N–H and O–H groups in total. The summed E-state index contributed by atoms with van der Waals surface area (Å²) in [6.07, 6.45) is 10.2. The molecule has 0 aromatic carbocycles. The van der Waals surface area contributed by atoms with Crippen LogP contribution in [0, 0.1) is 6.42 Å². The molecule has 0 aliphatic carbocycles. The predicted molar refractivity (Wildman–Crippen MR) is 38.6 cm³/mol. The molecule has 0 unspecified atom stereocenters. The molecule has 0 aromatic heterocycles. The Hall–Kier alpha value is -0.260. The summed E-state index contributed by atoms with van der Waals surface area (Å²) in [5.41, 5.74) is 0. The van der Waals surface area contributed by atoms with Crippen LogP contribution < -0.4 is 0 Å². The van der Waals surface area contributed by atoms with Crippen molar-refractivity contribution in [3.63, 3.8) is 0 Å². The van der Waals surface area contributed by atoms with Gasteiger partial charge in [-0.1, -0.05) is 32.4 Å². The highest BCUT2D eigenvalue weighted by Crippen LogP contribution is 1.91. The molecule has 0 aromatic rings. The molecule has 0 bridgehead atoms. The third-order valence-electron chi connectivity index (χ3n) is 0.963. The maximum Gasteiger partial charge on any atom is -0.0173 e. The summed E-state index contributed by atoms with van der Waals surface area (Å²) in [7, 11) is 0. The molecule has 0 aliphatic heterocycles. The second-order valence-electron chi connectivity index (χ2n) is 1.86. The highest BCUT2D eigenvalue weighted by molar-refractivity contribution is 4.93. The maximum atomic E-state index is 2.21. The monoisotopic (exact) mass is 111 g/mol. The topological polar surface area (TPSA) is 0 Å². The van der Waals surface area contributed by atoms with Crippen LogP contribution in [0.2, 0.25) is 0 Å². The van der Waals surface area contributed by atoms with E-state index in [1.54, 1.807) is 0 Å².